The van der Waals surface area contributed by atoms with Crippen LogP contribution in [0.15, 0.2) is 18.2 Å². The van der Waals surface area contributed by atoms with Crippen molar-refractivity contribution in [3.63, 3.8) is 0 Å². The van der Waals surface area contributed by atoms with Gasteiger partial charge in [-0.05, 0) is 25.5 Å². The fourth-order valence-corrected chi connectivity index (χ4v) is 1.44. The zero-order valence-corrected chi connectivity index (χ0v) is 8.63. The number of nitrogen functional groups attached to an aromatic ring is 1. The summed E-state index contributed by atoms with van der Waals surface area (Å²) in [4.78, 5) is 0. The topological polar surface area (TPSA) is 54.7 Å². The van der Waals surface area contributed by atoms with Crippen molar-refractivity contribution in [2.45, 2.75) is 13.8 Å². The van der Waals surface area contributed by atoms with Crippen LogP contribution in [0.2, 0.25) is 0 Å². The Balaban J connectivity index is 2.55. The van der Waals surface area contributed by atoms with Crippen molar-refractivity contribution in [3.05, 3.63) is 35.1 Å². The van der Waals surface area contributed by atoms with Gasteiger partial charge in [0.25, 0.3) is 0 Å². The summed E-state index contributed by atoms with van der Waals surface area (Å²) < 4.78 is 13.3. The number of nitrogens with two attached hydrogens (primary N) is 1. The molecule has 3 nitrogen and oxygen atoms in total. The maximum Gasteiger partial charge on any atom is 0.148 e. The molecule has 15 heavy (non-hydrogen) atoms. The molecule has 1 aromatic carbocycles. The van der Waals surface area contributed by atoms with E-state index in [1.54, 1.807) is 13.0 Å². The summed E-state index contributed by atoms with van der Waals surface area (Å²) in [7, 11) is 0. The first-order valence-electron chi connectivity index (χ1n) is 4.66. The van der Waals surface area contributed by atoms with Gasteiger partial charge in [0, 0.05) is 11.1 Å². The highest BCUT2D eigenvalue weighted by molar-refractivity contribution is 5.67. The van der Waals surface area contributed by atoms with Crippen molar-refractivity contribution >= 4 is 5.82 Å². The molecule has 0 aliphatic carbocycles. The maximum absolute atomic E-state index is 13.3. The molecule has 0 aliphatic rings. The lowest BCUT2D eigenvalue weighted by molar-refractivity contribution is 0.619. The maximum atomic E-state index is 13.3. The third kappa shape index (κ3) is 1.58. The Morgan fingerprint density at radius 3 is 2.60 bits per heavy atom. The van der Waals surface area contributed by atoms with Crippen LogP contribution >= 0.6 is 0 Å². The molecule has 0 bridgehead atoms. The first-order valence-corrected chi connectivity index (χ1v) is 4.66. The van der Waals surface area contributed by atoms with Crippen LogP contribution in [0.5, 0.6) is 0 Å². The zero-order chi connectivity index (χ0) is 11.0. The molecule has 0 spiro atoms. The molecule has 3 N–H and O–H groups in total. The first-order chi connectivity index (χ1) is 7.09. The van der Waals surface area contributed by atoms with Crippen molar-refractivity contribution in [1.29, 1.82) is 0 Å². The van der Waals surface area contributed by atoms with Crippen molar-refractivity contribution in [3.8, 4) is 11.3 Å². The van der Waals surface area contributed by atoms with Crippen LogP contribution in [0.1, 0.15) is 11.1 Å². The van der Waals surface area contributed by atoms with E-state index in [4.69, 9.17) is 5.73 Å². The van der Waals surface area contributed by atoms with Crippen LogP contribution in [0.3, 0.4) is 0 Å². The van der Waals surface area contributed by atoms with Gasteiger partial charge >= 0.3 is 0 Å². The predicted octanol–water partition coefficient (Wildman–Crippen LogP) is 2.41. The molecule has 0 amide bonds. The second-order valence-electron chi connectivity index (χ2n) is 3.57. The first kappa shape index (κ1) is 9.71. The highest BCUT2D eigenvalue weighted by Gasteiger charge is 2.09. The minimum absolute atomic E-state index is 0.222. The molecule has 2 rings (SSSR count). The molecule has 1 heterocycles. The Morgan fingerprint density at radius 1 is 1.33 bits per heavy atom. The number of benzene rings is 1. The van der Waals surface area contributed by atoms with Gasteiger partial charge in [-0.2, -0.15) is 5.10 Å². The van der Waals surface area contributed by atoms with Gasteiger partial charge in [-0.15, -0.1) is 0 Å². The number of aromatic nitrogens is 2. The molecule has 0 radical (unpaired) electrons. The van der Waals surface area contributed by atoms with Crippen molar-refractivity contribution in [1.82, 2.24) is 10.2 Å². The fraction of sp³-hybridized carbons (Fsp3) is 0.182. The number of aromatic amines is 1. The van der Waals surface area contributed by atoms with E-state index < -0.39 is 0 Å². The van der Waals surface area contributed by atoms with Crippen LogP contribution in [-0.4, -0.2) is 10.2 Å². The smallest absolute Gasteiger partial charge is 0.148 e. The largest absolute Gasteiger partial charge is 0.382 e. The van der Waals surface area contributed by atoms with E-state index in [1.807, 2.05) is 13.0 Å². The Bertz CT molecular complexity index is 503. The SMILES string of the molecule is Cc1ccc(-c2[nH]nc(N)c2C)cc1F. The van der Waals surface area contributed by atoms with Crippen LogP contribution in [0.4, 0.5) is 10.2 Å². The normalized spacial score (nSPS) is 10.6. The third-order valence-corrected chi connectivity index (χ3v) is 2.51. The number of anilines is 1. The van der Waals surface area contributed by atoms with Gasteiger partial charge in [0.05, 0.1) is 5.69 Å². The van der Waals surface area contributed by atoms with Gasteiger partial charge in [-0.1, -0.05) is 12.1 Å². The molecular formula is C11H12FN3. The lowest BCUT2D eigenvalue weighted by Gasteiger charge is -2.01. The van der Waals surface area contributed by atoms with E-state index in [0.717, 1.165) is 16.8 Å². The van der Waals surface area contributed by atoms with E-state index in [9.17, 15) is 4.39 Å². The fourth-order valence-electron chi connectivity index (χ4n) is 1.44. The summed E-state index contributed by atoms with van der Waals surface area (Å²) in [6.45, 7) is 3.58. The van der Waals surface area contributed by atoms with E-state index in [2.05, 4.69) is 10.2 Å². The summed E-state index contributed by atoms with van der Waals surface area (Å²) >= 11 is 0. The van der Waals surface area contributed by atoms with E-state index in [-0.39, 0.29) is 5.82 Å². The van der Waals surface area contributed by atoms with Crippen LogP contribution in [0.25, 0.3) is 11.3 Å². The number of hydrogen-bond acceptors (Lipinski definition) is 2. The highest BCUT2D eigenvalue weighted by atomic mass is 19.1. The Kier molecular flexibility index (Phi) is 2.19. The number of halogens is 1. The summed E-state index contributed by atoms with van der Waals surface area (Å²) in [6.07, 6.45) is 0. The lowest BCUT2D eigenvalue weighted by Crippen LogP contribution is -1.88. The van der Waals surface area contributed by atoms with Gasteiger partial charge in [0.2, 0.25) is 0 Å². The minimum atomic E-state index is -0.222. The molecule has 0 aliphatic heterocycles. The third-order valence-electron chi connectivity index (χ3n) is 2.51. The van der Waals surface area contributed by atoms with Gasteiger partial charge < -0.3 is 5.73 Å². The average Bonchev–Trinajstić information content (AvgIpc) is 2.53. The molecule has 0 unspecified atom stereocenters. The molecule has 4 heteroatoms. The monoisotopic (exact) mass is 205 g/mol. The number of rotatable bonds is 1. The van der Waals surface area contributed by atoms with Crippen molar-refractivity contribution < 1.29 is 4.39 Å². The van der Waals surface area contributed by atoms with Gasteiger partial charge in [-0.3, -0.25) is 5.10 Å². The quantitative estimate of drug-likeness (QED) is 0.751. The van der Waals surface area contributed by atoms with Gasteiger partial charge in [0.1, 0.15) is 11.6 Å². The predicted molar refractivity (Wildman–Crippen MR) is 57.9 cm³/mol. The second-order valence-corrected chi connectivity index (χ2v) is 3.57. The molecular weight excluding hydrogens is 193 g/mol. The van der Waals surface area contributed by atoms with Crippen molar-refractivity contribution in [2.75, 3.05) is 5.73 Å². The number of H-pyrrole nitrogens is 1. The van der Waals surface area contributed by atoms with Gasteiger partial charge in [0.15, 0.2) is 0 Å². The van der Waals surface area contributed by atoms with Crippen LogP contribution < -0.4 is 5.73 Å². The number of nitrogens with zero attached hydrogens (tertiary/aromatic N) is 1. The van der Waals surface area contributed by atoms with Crippen molar-refractivity contribution in [2.24, 2.45) is 0 Å². The van der Waals surface area contributed by atoms with Crippen LogP contribution in [0, 0.1) is 19.7 Å². The lowest BCUT2D eigenvalue weighted by atomic mass is 10.1. The molecule has 0 fully saturated rings. The zero-order valence-electron chi connectivity index (χ0n) is 8.63. The number of hydrogen-bond donors (Lipinski definition) is 2. The minimum Gasteiger partial charge on any atom is -0.382 e. The average molecular weight is 205 g/mol. The summed E-state index contributed by atoms with van der Waals surface area (Å²) in [5, 5.41) is 6.67. The molecule has 0 saturated heterocycles. The second kappa shape index (κ2) is 3.38. The highest BCUT2D eigenvalue weighted by Crippen LogP contribution is 2.25. The Labute approximate surface area is 87.1 Å². The molecule has 1 aromatic heterocycles. The summed E-state index contributed by atoms with van der Waals surface area (Å²) in [5.41, 5.74) is 8.62. The molecule has 0 atom stereocenters. The number of aryl methyl sites for hydroxylation is 1. The van der Waals surface area contributed by atoms with Crippen LogP contribution in [-0.2, 0) is 0 Å². The van der Waals surface area contributed by atoms with Gasteiger partial charge in [-0.25, -0.2) is 4.39 Å². The molecule has 78 valence electrons. The van der Waals surface area contributed by atoms with E-state index >= 15 is 0 Å². The Morgan fingerprint density at radius 2 is 2.07 bits per heavy atom. The number of nitrogens with one attached hydrogen (secondary N) is 1. The summed E-state index contributed by atoms with van der Waals surface area (Å²) in [5.74, 6) is 0.228. The molecule has 0 saturated carbocycles. The standard InChI is InChI=1S/C11H12FN3/c1-6-3-4-8(5-9(6)12)10-7(2)11(13)15-14-10/h3-5H,1-2H3,(H3,13,14,15). The van der Waals surface area contributed by atoms with E-state index in [1.165, 1.54) is 6.07 Å². The Hall–Kier alpha value is -1.84. The summed E-state index contributed by atoms with van der Waals surface area (Å²) in [6, 6.07) is 5.06. The van der Waals surface area contributed by atoms with E-state index in [0.29, 0.717) is 11.4 Å². The molecule has 2 aromatic rings.